The Morgan fingerprint density at radius 2 is 2.44 bits per heavy atom. The topological polar surface area (TPSA) is 24.9 Å². The van der Waals surface area contributed by atoms with Crippen molar-refractivity contribution in [3.63, 3.8) is 0 Å². The Hall–Kier alpha value is -0.710. The predicted molar refractivity (Wildman–Crippen MR) is 69.0 cm³/mol. The van der Waals surface area contributed by atoms with Crippen molar-refractivity contribution in [2.75, 3.05) is 0 Å². The van der Waals surface area contributed by atoms with Crippen LogP contribution in [0.15, 0.2) is 23.2 Å². The first-order valence-corrected chi connectivity index (χ1v) is 7.36. The summed E-state index contributed by atoms with van der Waals surface area (Å²) in [5.74, 6) is 0. The number of nitrogens with one attached hydrogen (secondary N) is 1. The van der Waals surface area contributed by atoms with Gasteiger partial charge in [0.1, 0.15) is 0 Å². The standard InChI is InChI=1S/C12H14N2S2/c1-2-11(10-4-5-15-12(10)3-1)14-7-9-6-13-8-16-9/h4-6,8,11,14H,1-3,7H2. The fourth-order valence-corrected chi connectivity index (χ4v) is 3.78. The van der Waals surface area contributed by atoms with E-state index in [1.807, 2.05) is 23.0 Å². The largest absolute Gasteiger partial charge is 0.305 e. The molecular weight excluding hydrogens is 236 g/mol. The molecule has 1 aliphatic rings. The fourth-order valence-electron chi connectivity index (χ4n) is 2.25. The number of rotatable bonds is 3. The van der Waals surface area contributed by atoms with Crippen LogP contribution < -0.4 is 5.32 Å². The number of aryl methyl sites for hydroxylation is 1. The van der Waals surface area contributed by atoms with Crippen molar-refractivity contribution in [2.45, 2.75) is 31.8 Å². The van der Waals surface area contributed by atoms with Gasteiger partial charge in [-0.2, -0.15) is 0 Å². The van der Waals surface area contributed by atoms with Crippen molar-refractivity contribution >= 4 is 22.7 Å². The molecule has 3 rings (SSSR count). The van der Waals surface area contributed by atoms with Crippen molar-refractivity contribution in [3.05, 3.63) is 38.5 Å². The Morgan fingerprint density at radius 3 is 3.31 bits per heavy atom. The van der Waals surface area contributed by atoms with E-state index in [-0.39, 0.29) is 0 Å². The van der Waals surface area contributed by atoms with Gasteiger partial charge in [0.2, 0.25) is 0 Å². The molecule has 0 saturated heterocycles. The minimum Gasteiger partial charge on any atom is -0.305 e. The molecule has 0 amide bonds. The second-order valence-electron chi connectivity index (χ2n) is 4.09. The summed E-state index contributed by atoms with van der Waals surface area (Å²) in [5, 5.41) is 5.86. The SMILES string of the molecule is c1ncc(CNC2CCCc3sccc32)s1. The minimum atomic E-state index is 0.553. The van der Waals surface area contributed by atoms with Gasteiger partial charge in [-0.1, -0.05) is 0 Å². The van der Waals surface area contributed by atoms with Gasteiger partial charge in [-0.25, -0.2) is 0 Å². The molecule has 4 heteroatoms. The van der Waals surface area contributed by atoms with Gasteiger partial charge in [0.15, 0.2) is 0 Å². The van der Waals surface area contributed by atoms with Crippen LogP contribution in [0.3, 0.4) is 0 Å². The highest BCUT2D eigenvalue weighted by Gasteiger charge is 2.20. The van der Waals surface area contributed by atoms with Gasteiger partial charge in [0, 0.05) is 28.5 Å². The summed E-state index contributed by atoms with van der Waals surface area (Å²) in [5.41, 5.74) is 3.43. The Labute approximate surface area is 103 Å². The Kier molecular flexibility index (Phi) is 3.04. The summed E-state index contributed by atoms with van der Waals surface area (Å²) in [4.78, 5) is 7.00. The molecule has 84 valence electrons. The van der Waals surface area contributed by atoms with Crippen LogP contribution in [-0.4, -0.2) is 4.98 Å². The first kappa shape index (κ1) is 10.4. The van der Waals surface area contributed by atoms with Crippen molar-refractivity contribution in [1.82, 2.24) is 10.3 Å². The van der Waals surface area contributed by atoms with E-state index in [4.69, 9.17) is 0 Å². The molecule has 1 aliphatic carbocycles. The molecule has 0 aliphatic heterocycles. The number of thiazole rings is 1. The average molecular weight is 250 g/mol. The summed E-state index contributed by atoms with van der Waals surface area (Å²) in [6, 6.07) is 2.83. The highest BCUT2D eigenvalue weighted by Crippen LogP contribution is 2.33. The van der Waals surface area contributed by atoms with Crippen LogP contribution in [0.5, 0.6) is 0 Å². The third-order valence-corrected chi connectivity index (χ3v) is 4.83. The van der Waals surface area contributed by atoms with Crippen LogP contribution in [0.25, 0.3) is 0 Å². The lowest BCUT2D eigenvalue weighted by Crippen LogP contribution is -2.23. The molecule has 16 heavy (non-hydrogen) atoms. The highest BCUT2D eigenvalue weighted by atomic mass is 32.1. The van der Waals surface area contributed by atoms with Crippen molar-refractivity contribution in [3.8, 4) is 0 Å². The minimum absolute atomic E-state index is 0.553. The Morgan fingerprint density at radius 1 is 1.44 bits per heavy atom. The van der Waals surface area contributed by atoms with Crippen molar-refractivity contribution in [1.29, 1.82) is 0 Å². The molecule has 0 bridgehead atoms. The molecular formula is C12H14N2S2. The first-order valence-electron chi connectivity index (χ1n) is 5.60. The van der Waals surface area contributed by atoms with E-state index < -0.39 is 0 Å². The third-order valence-electron chi connectivity index (χ3n) is 3.06. The van der Waals surface area contributed by atoms with E-state index in [1.165, 1.54) is 29.7 Å². The smallest absolute Gasteiger partial charge is 0.0794 e. The first-order chi connectivity index (χ1) is 7.93. The average Bonchev–Trinajstić information content (AvgIpc) is 2.97. The zero-order valence-electron chi connectivity index (χ0n) is 8.98. The molecule has 1 N–H and O–H groups in total. The lowest BCUT2D eigenvalue weighted by Gasteiger charge is -2.23. The fraction of sp³-hybridized carbons (Fsp3) is 0.417. The van der Waals surface area contributed by atoms with Crippen molar-refractivity contribution < 1.29 is 0 Å². The van der Waals surface area contributed by atoms with Crippen molar-refractivity contribution in [2.24, 2.45) is 0 Å². The number of thiophene rings is 1. The number of hydrogen-bond acceptors (Lipinski definition) is 4. The molecule has 0 radical (unpaired) electrons. The van der Waals surface area contributed by atoms with Crippen LogP contribution >= 0.6 is 22.7 Å². The van der Waals surface area contributed by atoms with Gasteiger partial charge in [-0.15, -0.1) is 22.7 Å². The molecule has 0 aromatic carbocycles. The molecule has 0 saturated carbocycles. The van der Waals surface area contributed by atoms with Crippen LogP contribution in [0.4, 0.5) is 0 Å². The Balaban J connectivity index is 1.69. The molecule has 0 spiro atoms. The molecule has 1 unspecified atom stereocenters. The van der Waals surface area contributed by atoms with E-state index >= 15 is 0 Å². The summed E-state index contributed by atoms with van der Waals surface area (Å²) < 4.78 is 0. The maximum Gasteiger partial charge on any atom is 0.0794 e. The van der Waals surface area contributed by atoms with Crippen LogP contribution in [-0.2, 0) is 13.0 Å². The van der Waals surface area contributed by atoms with E-state index in [0.29, 0.717) is 6.04 Å². The van der Waals surface area contributed by atoms with Crippen LogP contribution in [0.1, 0.15) is 34.2 Å². The second-order valence-corrected chi connectivity index (χ2v) is 6.06. The van der Waals surface area contributed by atoms with E-state index in [0.717, 1.165) is 6.54 Å². The van der Waals surface area contributed by atoms with Crippen LogP contribution in [0, 0.1) is 0 Å². The van der Waals surface area contributed by atoms with Gasteiger partial charge in [-0.05, 0) is 36.3 Å². The van der Waals surface area contributed by atoms with E-state index in [1.54, 1.807) is 16.2 Å². The number of nitrogens with zero attached hydrogens (tertiary/aromatic N) is 1. The third kappa shape index (κ3) is 2.05. The quantitative estimate of drug-likeness (QED) is 0.903. The molecule has 1 atom stereocenters. The summed E-state index contributed by atoms with van der Waals surface area (Å²) in [6.45, 7) is 0.949. The zero-order valence-corrected chi connectivity index (χ0v) is 10.6. The van der Waals surface area contributed by atoms with Gasteiger partial charge >= 0.3 is 0 Å². The lowest BCUT2D eigenvalue weighted by molar-refractivity contribution is 0.465. The summed E-state index contributed by atoms with van der Waals surface area (Å²) >= 11 is 3.63. The second kappa shape index (κ2) is 4.65. The molecule has 2 aromatic rings. The summed E-state index contributed by atoms with van der Waals surface area (Å²) in [7, 11) is 0. The molecule has 2 aromatic heterocycles. The predicted octanol–water partition coefficient (Wildman–Crippen LogP) is 3.37. The van der Waals surface area contributed by atoms with Crippen LogP contribution in [0.2, 0.25) is 0 Å². The molecule has 2 heterocycles. The number of fused-ring (bicyclic) bond motifs is 1. The zero-order chi connectivity index (χ0) is 10.8. The monoisotopic (exact) mass is 250 g/mol. The van der Waals surface area contributed by atoms with Gasteiger partial charge < -0.3 is 5.32 Å². The van der Waals surface area contributed by atoms with E-state index in [9.17, 15) is 0 Å². The normalized spacial score (nSPS) is 19.6. The highest BCUT2D eigenvalue weighted by molar-refractivity contribution is 7.10. The maximum absolute atomic E-state index is 4.10. The maximum atomic E-state index is 4.10. The number of hydrogen-bond donors (Lipinski definition) is 1. The van der Waals surface area contributed by atoms with E-state index in [2.05, 4.69) is 21.7 Å². The van der Waals surface area contributed by atoms with Gasteiger partial charge in [0.05, 0.1) is 5.51 Å². The molecule has 2 nitrogen and oxygen atoms in total. The summed E-state index contributed by atoms with van der Waals surface area (Å²) in [6.07, 6.45) is 5.80. The Bertz CT molecular complexity index is 447. The van der Waals surface area contributed by atoms with Gasteiger partial charge in [-0.3, -0.25) is 4.98 Å². The molecule has 0 fully saturated rings. The number of aromatic nitrogens is 1. The lowest BCUT2D eigenvalue weighted by atomic mass is 9.94. The van der Waals surface area contributed by atoms with Gasteiger partial charge in [0.25, 0.3) is 0 Å².